The summed E-state index contributed by atoms with van der Waals surface area (Å²) < 4.78 is 13.1. The first kappa shape index (κ1) is 12.5. The van der Waals surface area contributed by atoms with Crippen molar-refractivity contribution >= 4 is 0 Å². The number of rotatable bonds is 4. The van der Waals surface area contributed by atoms with Crippen LogP contribution in [0.4, 0.5) is 4.39 Å². The number of benzene rings is 1. The lowest BCUT2D eigenvalue weighted by Crippen LogP contribution is -2.30. The average molecular weight is 236 g/mol. The Morgan fingerprint density at radius 3 is 3.00 bits per heavy atom. The summed E-state index contributed by atoms with van der Waals surface area (Å²) in [4.78, 5) is 2.39. The fraction of sp³-hybridized carbons (Fsp3) is 0.571. The van der Waals surface area contributed by atoms with E-state index in [0.717, 1.165) is 31.1 Å². The first-order valence-corrected chi connectivity index (χ1v) is 6.42. The van der Waals surface area contributed by atoms with Gasteiger partial charge in [-0.1, -0.05) is 25.5 Å². The Kier molecular flexibility index (Phi) is 4.13. The highest BCUT2D eigenvalue weighted by molar-refractivity contribution is 5.20. The molecule has 0 saturated carbocycles. The molecule has 0 aromatic heterocycles. The van der Waals surface area contributed by atoms with Crippen LogP contribution >= 0.6 is 0 Å². The normalized spacial score (nSPS) is 22.9. The Hall–Kier alpha value is -0.930. The van der Waals surface area contributed by atoms with Crippen LogP contribution < -0.4 is 5.73 Å². The SMILES string of the molecule is CCC1CCN(CC(N)c2cccc(F)c2)C1. The molecular weight excluding hydrogens is 215 g/mol. The van der Waals surface area contributed by atoms with Crippen molar-refractivity contribution in [3.63, 3.8) is 0 Å². The van der Waals surface area contributed by atoms with Gasteiger partial charge in [0.25, 0.3) is 0 Å². The summed E-state index contributed by atoms with van der Waals surface area (Å²) >= 11 is 0. The van der Waals surface area contributed by atoms with E-state index in [1.54, 1.807) is 6.07 Å². The lowest BCUT2D eigenvalue weighted by atomic mass is 10.1. The second-order valence-electron chi connectivity index (χ2n) is 4.98. The monoisotopic (exact) mass is 236 g/mol. The van der Waals surface area contributed by atoms with Crippen LogP contribution in [0.3, 0.4) is 0 Å². The van der Waals surface area contributed by atoms with Gasteiger partial charge in [0, 0.05) is 19.1 Å². The van der Waals surface area contributed by atoms with Crippen LogP contribution in [-0.2, 0) is 0 Å². The lowest BCUT2D eigenvalue weighted by molar-refractivity contribution is 0.302. The van der Waals surface area contributed by atoms with Crippen LogP contribution in [0.5, 0.6) is 0 Å². The third-order valence-electron chi connectivity index (χ3n) is 3.68. The predicted octanol–water partition coefficient (Wildman–Crippen LogP) is 2.56. The number of nitrogens with two attached hydrogens (primary N) is 1. The first-order chi connectivity index (χ1) is 8.19. The molecule has 2 nitrogen and oxygen atoms in total. The summed E-state index contributed by atoms with van der Waals surface area (Å²) in [7, 11) is 0. The zero-order valence-electron chi connectivity index (χ0n) is 10.4. The smallest absolute Gasteiger partial charge is 0.123 e. The van der Waals surface area contributed by atoms with Crippen molar-refractivity contribution < 1.29 is 4.39 Å². The Bertz CT molecular complexity index is 367. The first-order valence-electron chi connectivity index (χ1n) is 6.42. The summed E-state index contributed by atoms with van der Waals surface area (Å²) in [5.41, 5.74) is 7.02. The van der Waals surface area contributed by atoms with E-state index in [0.29, 0.717) is 0 Å². The van der Waals surface area contributed by atoms with E-state index >= 15 is 0 Å². The van der Waals surface area contributed by atoms with Crippen LogP contribution in [0.25, 0.3) is 0 Å². The number of halogens is 1. The van der Waals surface area contributed by atoms with Crippen molar-refractivity contribution in [3.05, 3.63) is 35.6 Å². The van der Waals surface area contributed by atoms with Crippen LogP contribution in [0.15, 0.2) is 24.3 Å². The third kappa shape index (κ3) is 3.27. The van der Waals surface area contributed by atoms with E-state index < -0.39 is 0 Å². The fourth-order valence-electron chi connectivity index (χ4n) is 2.53. The van der Waals surface area contributed by atoms with Crippen molar-refractivity contribution in [3.8, 4) is 0 Å². The third-order valence-corrected chi connectivity index (χ3v) is 3.68. The largest absolute Gasteiger partial charge is 0.323 e. The molecule has 1 aromatic rings. The molecule has 94 valence electrons. The number of hydrogen-bond donors (Lipinski definition) is 1. The minimum absolute atomic E-state index is 0.0821. The zero-order chi connectivity index (χ0) is 12.3. The van der Waals surface area contributed by atoms with Crippen molar-refractivity contribution in [1.29, 1.82) is 0 Å². The topological polar surface area (TPSA) is 29.3 Å². The Labute approximate surface area is 103 Å². The van der Waals surface area contributed by atoms with Gasteiger partial charge in [0.05, 0.1) is 0 Å². The van der Waals surface area contributed by atoms with Crippen LogP contribution in [0.1, 0.15) is 31.4 Å². The molecule has 1 aromatic carbocycles. The van der Waals surface area contributed by atoms with Crippen molar-refractivity contribution in [1.82, 2.24) is 4.90 Å². The minimum atomic E-state index is -0.203. The molecule has 0 radical (unpaired) electrons. The highest BCUT2D eigenvalue weighted by Crippen LogP contribution is 2.21. The predicted molar refractivity (Wildman–Crippen MR) is 68.2 cm³/mol. The van der Waals surface area contributed by atoms with Crippen molar-refractivity contribution in [2.45, 2.75) is 25.8 Å². The lowest BCUT2D eigenvalue weighted by Gasteiger charge is -2.21. The Morgan fingerprint density at radius 1 is 1.53 bits per heavy atom. The van der Waals surface area contributed by atoms with Gasteiger partial charge in [-0.25, -0.2) is 4.39 Å². The van der Waals surface area contributed by atoms with Crippen LogP contribution in [-0.4, -0.2) is 24.5 Å². The van der Waals surface area contributed by atoms with Crippen LogP contribution in [0.2, 0.25) is 0 Å². The molecule has 3 heteroatoms. The van der Waals surface area contributed by atoms with Crippen LogP contribution in [0, 0.1) is 11.7 Å². The van der Waals surface area contributed by atoms with E-state index in [9.17, 15) is 4.39 Å². The van der Waals surface area contributed by atoms with Gasteiger partial charge in [-0.05, 0) is 36.6 Å². The van der Waals surface area contributed by atoms with E-state index in [1.807, 2.05) is 6.07 Å². The quantitative estimate of drug-likeness (QED) is 0.870. The van der Waals surface area contributed by atoms with Gasteiger partial charge < -0.3 is 10.6 Å². The van der Waals surface area contributed by atoms with E-state index in [4.69, 9.17) is 5.73 Å². The molecule has 0 spiro atoms. The van der Waals surface area contributed by atoms with Gasteiger partial charge in [-0.15, -0.1) is 0 Å². The molecule has 1 aliphatic rings. The Balaban J connectivity index is 1.91. The molecule has 2 unspecified atom stereocenters. The molecule has 0 amide bonds. The standard InChI is InChI=1S/C14H21FN2/c1-2-11-6-7-17(9-11)10-14(16)12-4-3-5-13(15)8-12/h3-5,8,11,14H,2,6-7,9-10,16H2,1H3. The fourth-order valence-corrected chi connectivity index (χ4v) is 2.53. The van der Waals surface area contributed by atoms with Crippen molar-refractivity contribution in [2.24, 2.45) is 11.7 Å². The molecule has 1 aliphatic heterocycles. The van der Waals surface area contributed by atoms with Gasteiger partial charge in [0.15, 0.2) is 0 Å². The molecular formula is C14H21FN2. The van der Waals surface area contributed by atoms with E-state index in [2.05, 4.69) is 11.8 Å². The summed E-state index contributed by atoms with van der Waals surface area (Å²) in [6, 6.07) is 6.54. The summed E-state index contributed by atoms with van der Waals surface area (Å²) in [5.74, 6) is 0.612. The molecule has 2 rings (SSSR count). The van der Waals surface area contributed by atoms with Gasteiger partial charge >= 0.3 is 0 Å². The highest BCUT2D eigenvalue weighted by Gasteiger charge is 2.22. The minimum Gasteiger partial charge on any atom is -0.323 e. The Morgan fingerprint density at radius 2 is 2.35 bits per heavy atom. The summed E-state index contributed by atoms with van der Waals surface area (Å²) in [5, 5.41) is 0. The highest BCUT2D eigenvalue weighted by atomic mass is 19.1. The maximum absolute atomic E-state index is 13.1. The van der Waals surface area contributed by atoms with E-state index in [1.165, 1.54) is 25.0 Å². The molecule has 0 bridgehead atoms. The molecule has 17 heavy (non-hydrogen) atoms. The number of nitrogens with zero attached hydrogens (tertiary/aromatic N) is 1. The second-order valence-corrected chi connectivity index (χ2v) is 4.98. The molecule has 1 saturated heterocycles. The van der Waals surface area contributed by atoms with Gasteiger partial charge in [-0.2, -0.15) is 0 Å². The zero-order valence-corrected chi connectivity index (χ0v) is 10.4. The number of hydrogen-bond acceptors (Lipinski definition) is 2. The average Bonchev–Trinajstić information content (AvgIpc) is 2.77. The summed E-state index contributed by atoms with van der Waals surface area (Å²) in [6.45, 7) is 5.33. The molecule has 1 heterocycles. The van der Waals surface area contributed by atoms with Gasteiger partial charge in [0.1, 0.15) is 5.82 Å². The molecule has 0 aliphatic carbocycles. The van der Waals surface area contributed by atoms with E-state index in [-0.39, 0.29) is 11.9 Å². The van der Waals surface area contributed by atoms with Gasteiger partial charge in [-0.3, -0.25) is 0 Å². The summed E-state index contributed by atoms with van der Waals surface area (Å²) in [6.07, 6.45) is 2.51. The molecule has 1 fully saturated rings. The maximum Gasteiger partial charge on any atom is 0.123 e. The molecule has 2 atom stereocenters. The van der Waals surface area contributed by atoms with Crippen molar-refractivity contribution in [2.75, 3.05) is 19.6 Å². The second kappa shape index (κ2) is 5.61. The molecule has 2 N–H and O–H groups in total. The van der Waals surface area contributed by atoms with Gasteiger partial charge in [0.2, 0.25) is 0 Å². The maximum atomic E-state index is 13.1. The number of likely N-dealkylation sites (tertiary alicyclic amines) is 1.